The van der Waals surface area contributed by atoms with Gasteiger partial charge in [0.15, 0.2) is 5.11 Å². The summed E-state index contributed by atoms with van der Waals surface area (Å²) in [7, 11) is 0. The molecule has 0 bridgehead atoms. The molecule has 0 saturated carbocycles. The highest BCUT2D eigenvalue weighted by Crippen LogP contribution is 2.10. The molecule has 1 fully saturated rings. The maximum atomic E-state index is 5.67. The van der Waals surface area contributed by atoms with E-state index >= 15 is 0 Å². The van der Waals surface area contributed by atoms with E-state index in [-0.39, 0.29) is 0 Å². The van der Waals surface area contributed by atoms with Crippen LogP contribution in [0.2, 0.25) is 0 Å². The predicted octanol–water partition coefficient (Wildman–Crippen LogP) is 2.47. The first-order chi connectivity index (χ1) is 9.34. The molecule has 0 radical (unpaired) electrons. The zero-order valence-corrected chi connectivity index (χ0v) is 12.0. The van der Waals surface area contributed by atoms with Crippen molar-refractivity contribution in [3.8, 4) is 0 Å². The van der Waals surface area contributed by atoms with Gasteiger partial charge in [-0.1, -0.05) is 36.8 Å². The molecule has 1 aliphatic rings. The first-order valence-corrected chi connectivity index (χ1v) is 7.39. The van der Waals surface area contributed by atoms with Gasteiger partial charge in [-0.25, -0.2) is 0 Å². The van der Waals surface area contributed by atoms with Crippen molar-refractivity contribution in [1.29, 1.82) is 0 Å². The number of nitrogens with one attached hydrogen (secondary N) is 2. The van der Waals surface area contributed by atoms with Crippen LogP contribution in [0.25, 0.3) is 0 Å². The number of ether oxygens (including phenoxy) is 1. The molecule has 2 N–H and O–H groups in total. The molecule has 4 heteroatoms. The molecule has 2 rings (SSSR count). The molecule has 1 saturated heterocycles. The standard InChI is InChI=1S/C15H22N2OS/c19-15-16-10-14(11-17-15)8-4-5-9-18-12-13-6-2-1-3-7-13/h1-3,6-7,14H,4-5,8-12H2,(H2,16,17,19). The topological polar surface area (TPSA) is 33.3 Å². The van der Waals surface area contributed by atoms with Gasteiger partial charge in [-0.2, -0.15) is 0 Å². The van der Waals surface area contributed by atoms with Crippen molar-refractivity contribution in [1.82, 2.24) is 10.6 Å². The molecule has 104 valence electrons. The first kappa shape index (κ1) is 14.3. The summed E-state index contributed by atoms with van der Waals surface area (Å²) in [5.74, 6) is 0.695. The zero-order valence-electron chi connectivity index (χ0n) is 11.2. The van der Waals surface area contributed by atoms with Crippen LogP contribution in [0.1, 0.15) is 24.8 Å². The lowest BCUT2D eigenvalue weighted by Crippen LogP contribution is -2.47. The molecule has 1 aromatic carbocycles. The van der Waals surface area contributed by atoms with Crippen LogP contribution in [0.5, 0.6) is 0 Å². The van der Waals surface area contributed by atoms with Gasteiger partial charge in [0.2, 0.25) is 0 Å². The molecule has 3 nitrogen and oxygen atoms in total. The largest absolute Gasteiger partial charge is 0.377 e. The van der Waals surface area contributed by atoms with Gasteiger partial charge in [0.1, 0.15) is 0 Å². The maximum absolute atomic E-state index is 5.67. The van der Waals surface area contributed by atoms with Gasteiger partial charge in [-0.15, -0.1) is 0 Å². The van der Waals surface area contributed by atoms with E-state index < -0.39 is 0 Å². The van der Waals surface area contributed by atoms with Crippen LogP contribution >= 0.6 is 12.2 Å². The number of hydrogen-bond donors (Lipinski definition) is 2. The van der Waals surface area contributed by atoms with E-state index in [4.69, 9.17) is 17.0 Å². The first-order valence-electron chi connectivity index (χ1n) is 6.98. The van der Waals surface area contributed by atoms with Crippen molar-refractivity contribution in [3.05, 3.63) is 35.9 Å². The minimum atomic E-state index is 0.695. The van der Waals surface area contributed by atoms with Gasteiger partial charge in [0.25, 0.3) is 0 Å². The zero-order chi connectivity index (χ0) is 13.3. The van der Waals surface area contributed by atoms with E-state index in [9.17, 15) is 0 Å². The maximum Gasteiger partial charge on any atom is 0.166 e. The summed E-state index contributed by atoms with van der Waals surface area (Å²) in [6.45, 7) is 3.59. The Morgan fingerprint density at radius 2 is 1.84 bits per heavy atom. The Bertz CT molecular complexity index is 373. The van der Waals surface area contributed by atoms with E-state index in [0.29, 0.717) is 5.92 Å². The fourth-order valence-corrected chi connectivity index (χ4v) is 2.38. The molecule has 1 aliphatic heterocycles. The van der Waals surface area contributed by atoms with Gasteiger partial charge < -0.3 is 15.4 Å². The van der Waals surface area contributed by atoms with Gasteiger partial charge in [0.05, 0.1) is 6.61 Å². The average Bonchev–Trinajstić information content (AvgIpc) is 2.46. The Hall–Kier alpha value is -1.13. The van der Waals surface area contributed by atoms with Crippen LogP contribution < -0.4 is 10.6 Å². The molecule has 0 amide bonds. The van der Waals surface area contributed by atoms with Gasteiger partial charge >= 0.3 is 0 Å². The lowest BCUT2D eigenvalue weighted by molar-refractivity contribution is 0.116. The fourth-order valence-electron chi connectivity index (χ4n) is 2.21. The van der Waals surface area contributed by atoms with Crippen molar-refractivity contribution in [2.45, 2.75) is 25.9 Å². The Morgan fingerprint density at radius 3 is 2.58 bits per heavy atom. The molecule has 1 heterocycles. The lowest BCUT2D eigenvalue weighted by Gasteiger charge is -2.25. The molecule has 19 heavy (non-hydrogen) atoms. The molecular formula is C15H22N2OS. The number of unbranched alkanes of at least 4 members (excludes halogenated alkanes) is 1. The quantitative estimate of drug-likeness (QED) is 0.593. The monoisotopic (exact) mass is 278 g/mol. The second-order valence-electron chi connectivity index (χ2n) is 4.99. The summed E-state index contributed by atoms with van der Waals surface area (Å²) in [5.41, 5.74) is 1.25. The third-order valence-corrected chi connectivity index (χ3v) is 3.65. The van der Waals surface area contributed by atoms with E-state index in [1.165, 1.54) is 18.4 Å². The minimum absolute atomic E-state index is 0.695. The number of benzene rings is 1. The summed E-state index contributed by atoms with van der Waals surface area (Å²) >= 11 is 5.03. The van der Waals surface area contributed by atoms with E-state index in [1.807, 2.05) is 18.2 Å². The Kier molecular flexibility index (Phi) is 6.11. The molecule has 0 atom stereocenters. The van der Waals surface area contributed by atoms with Crippen LogP contribution in [0.3, 0.4) is 0 Å². The minimum Gasteiger partial charge on any atom is -0.377 e. The van der Waals surface area contributed by atoms with Crippen LogP contribution in [-0.2, 0) is 11.3 Å². The molecule has 0 unspecified atom stereocenters. The van der Waals surface area contributed by atoms with Gasteiger partial charge in [-0.3, -0.25) is 0 Å². The predicted molar refractivity (Wildman–Crippen MR) is 82.0 cm³/mol. The van der Waals surface area contributed by atoms with Crippen LogP contribution in [0.15, 0.2) is 30.3 Å². The highest BCUT2D eigenvalue weighted by atomic mass is 32.1. The van der Waals surface area contributed by atoms with Crippen molar-refractivity contribution < 1.29 is 4.74 Å². The average molecular weight is 278 g/mol. The van der Waals surface area contributed by atoms with Gasteiger partial charge in [0, 0.05) is 19.7 Å². The molecule has 0 spiro atoms. The second kappa shape index (κ2) is 8.12. The van der Waals surface area contributed by atoms with E-state index in [2.05, 4.69) is 22.8 Å². The number of rotatable bonds is 7. The Labute approximate surface area is 120 Å². The van der Waals surface area contributed by atoms with Crippen molar-refractivity contribution in [2.24, 2.45) is 5.92 Å². The summed E-state index contributed by atoms with van der Waals surface area (Å²) in [4.78, 5) is 0. The van der Waals surface area contributed by atoms with Crippen molar-refractivity contribution in [3.63, 3.8) is 0 Å². The molecule has 1 aromatic rings. The Morgan fingerprint density at radius 1 is 1.11 bits per heavy atom. The molecule has 0 aliphatic carbocycles. The van der Waals surface area contributed by atoms with Crippen molar-refractivity contribution in [2.75, 3.05) is 19.7 Å². The summed E-state index contributed by atoms with van der Waals surface area (Å²) in [5, 5.41) is 7.18. The summed E-state index contributed by atoms with van der Waals surface area (Å²) < 4.78 is 5.67. The van der Waals surface area contributed by atoms with E-state index in [0.717, 1.165) is 37.8 Å². The fraction of sp³-hybridized carbons (Fsp3) is 0.533. The normalized spacial score (nSPS) is 15.9. The molecular weight excluding hydrogens is 256 g/mol. The highest BCUT2D eigenvalue weighted by Gasteiger charge is 2.14. The number of hydrogen-bond acceptors (Lipinski definition) is 2. The second-order valence-corrected chi connectivity index (χ2v) is 5.40. The third kappa shape index (κ3) is 5.57. The highest BCUT2D eigenvalue weighted by molar-refractivity contribution is 7.80. The Balaban J connectivity index is 1.47. The molecule has 0 aromatic heterocycles. The summed E-state index contributed by atoms with van der Waals surface area (Å²) in [6.07, 6.45) is 3.58. The number of thiocarbonyl (C=S) groups is 1. The van der Waals surface area contributed by atoms with Crippen LogP contribution in [-0.4, -0.2) is 24.8 Å². The van der Waals surface area contributed by atoms with Crippen LogP contribution in [0.4, 0.5) is 0 Å². The lowest BCUT2D eigenvalue weighted by atomic mass is 10.0. The van der Waals surface area contributed by atoms with Crippen LogP contribution in [0, 0.1) is 5.92 Å². The van der Waals surface area contributed by atoms with Gasteiger partial charge in [-0.05, 0) is 36.5 Å². The summed E-state index contributed by atoms with van der Waals surface area (Å²) in [6, 6.07) is 10.3. The smallest absolute Gasteiger partial charge is 0.166 e. The van der Waals surface area contributed by atoms with Crippen molar-refractivity contribution >= 4 is 17.3 Å². The van der Waals surface area contributed by atoms with E-state index in [1.54, 1.807) is 0 Å². The third-order valence-electron chi connectivity index (χ3n) is 3.37. The SMILES string of the molecule is S=C1NCC(CCCCOCc2ccccc2)CN1.